The van der Waals surface area contributed by atoms with Gasteiger partial charge < -0.3 is 55.4 Å². The number of hydrogen-bond acceptors (Lipinski definition) is 13. The van der Waals surface area contributed by atoms with E-state index in [2.05, 4.69) is 0 Å². The molecule has 0 amide bonds. The molecule has 0 saturated heterocycles. The van der Waals surface area contributed by atoms with E-state index in [4.69, 9.17) is 9.47 Å². The fourth-order valence-electron chi connectivity index (χ4n) is 7.85. The summed E-state index contributed by atoms with van der Waals surface area (Å²) in [4.78, 5) is 26.9. The van der Waals surface area contributed by atoms with E-state index in [9.17, 15) is 55.5 Å². The molecule has 13 nitrogen and oxygen atoms in total. The lowest BCUT2D eigenvalue weighted by Crippen LogP contribution is -2.27. The lowest BCUT2D eigenvalue weighted by Gasteiger charge is -2.22. The number of fused-ring (bicyclic) bond motifs is 2. The van der Waals surface area contributed by atoms with Gasteiger partial charge in [-0.2, -0.15) is 0 Å². The number of aliphatic hydroxyl groups is 7. The molecule has 0 aliphatic carbocycles. The molecule has 0 saturated carbocycles. The number of allylic oxidation sites excluding steroid dienone is 13. The highest BCUT2D eigenvalue weighted by atomic mass is 16.5. The number of rotatable bonds is 4. The summed E-state index contributed by atoms with van der Waals surface area (Å²) in [7, 11) is 0. The van der Waals surface area contributed by atoms with Crippen molar-refractivity contribution in [2.24, 2.45) is 0 Å². The van der Waals surface area contributed by atoms with Gasteiger partial charge in [0, 0.05) is 32.1 Å². The number of aromatic hydroxyl groups is 2. The van der Waals surface area contributed by atoms with Crippen molar-refractivity contribution in [3.63, 3.8) is 0 Å². The molecule has 2 aromatic carbocycles. The Morgan fingerprint density at radius 2 is 1.00 bits per heavy atom. The van der Waals surface area contributed by atoms with Crippen LogP contribution in [-0.4, -0.2) is 113 Å². The Morgan fingerprint density at radius 3 is 1.49 bits per heavy atom. The predicted octanol–water partition coefficient (Wildman–Crippen LogP) is 8.98. The van der Waals surface area contributed by atoms with E-state index in [0.29, 0.717) is 43.2 Å². The van der Waals surface area contributed by atoms with Crippen LogP contribution in [0.4, 0.5) is 0 Å². The van der Waals surface area contributed by atoms with Crippen molar-refractivity contribution in [2.45, 2.75) is 153 Å². The highest BCUT2D eigenvalue weighted by molar-refractivity contribution is 5.97. The standard InChI is InChI=1S/C58H76O13/c1-40-21-12-8-6-10-15-24-45-26-19-32-54(67)56(45)58(69)71-52(36-43(4)60)39-48(63)29-20-28-47(62)38-50(65)34-41(2)22-13-7-5-9-14-23-44-25-18-31-53(66)55(44)57(68)70-51(35-42(3)59)30-17-11-16-27-46(61)37-49(64)33-40/h5-10,12-16,18-28,31-32,42-43,46-52,59-67H,11,17,29-30,33-39H2,1-4H3/b9-5+,10-6+,12-8+,13-7+,23-14-,24-15-,27-16+,28-20+,40-21+,41-22+/t42-,43-,46-,47-,48?,49+,50+,51?,52+/m1/s1. The summed E-state index contributed by atoms with van der Waals surface area (Å²) in [6.45, 7) is 6.87. The summed E-state index contributed by atoms with van der Waals surface area (Å²) < 4.78 is 11.6. The van der Waals surface area contributed by atoms with Gasteiger partial charge in [0.1, 0.15) is 34.8 Å². The Morgan fingerprint density at radius 1 is 0.563 bits per heavy atom. The monoisotopic (exact) mass is 981 g/mol. The molecule has 1 aliphatic rings. The number of cyclic esters (lactones) is 2. The minimum Gasteiger partial charge on any atom is -0.507 e. The average Bonchev–Trinajstić information content (AvgIpc) is 3.27. The Kier molecular flexibility index (Phi) is 27.5. The van der Waals surface area contributed by atoms with Crippen LogP contribution in [0, 0.1) is 0 Å². The number of ether oxygens (including phenoxy) is 2. The van der Waals surface area contributed by atoms with E-state index in [1.54, 1.807) is 116 Å². The van der Waals surface area contributed by atoms with Crippen LogP contribution in [0.3, 0.4) is 0 Å². The summed E-state index contributed by atoms with van der Waals surface area (Å²) in [6, 6.07) is 9.30. The van der Waals surface area contributed by atoms with Crippen LogP contribution in [0.5, 0.6) is 11.5 Å². The van der Waals surface area contributed by atoms with E-state index in [0.717, 1.165) is 11.1 Å². The first-order valence-corrected chi connectivity index (χ1v) is 24.4. The zero-order chi connectivity index (χ0) is 52.1. The molecule has 0 aromatic heterocycles. The maximum atomic E-state index is 13.5. The van der Waals surface area contributed by atoms with E-state index in [1.807, 2.05) is 32.1 Å². The molecule has 2 unspecified atom stereocenters. The zero-order valence-electron chi connectivity index (χ0n) is 41.5. The molecule has 3 rings (SSSR count). The number of carbonyl (C=O) groups excluding carboxylic acids is 2. The van der Waals surface area contributed by atoms with Gasteiger partial charge in [0.05, 0.1) is 42.7 Å². The van der Waals surface area contributed by atoms with Crippen molar-refractivity contribution >= 4 is 24.1 Å². The second kappa shape index (κ2) is 32.9. The SMILES string of the molecule is C\C1=C/C=C/C=C/C=C\c2cccc(O)c2C(=O)O[C@@H](C[C@@H](C)O)CC(O)C/C=C/[C@@H](O)C[C@@H](O)C/C(C)=C/C=C/C=C/C=C\c2cccc(O)c2C(=O)OC(C[C@@H](C)O)CCC/C=C/[C@@H](O)C[C@@H](O)C1. The molecule has 2 aromatic rings. The van der Waals surface area contributed by atoms with E-state index < -0.39 is 66.9 Å². The van der Waals surface area contributed by atoms with Crippen LogP contribution in [0.1, 0.15) is 130 Å². The van der Waals surface area contributed by atoms with Crippen molar-refractivity contribution in [3.05, 3.63) is 167 Å². The minimum absolute atomic E-state index is 0.00195. The van der Waals surface area contributed by atoms with Gasteiger partial charge in [0.25, 0.3) is 0 Å². The Bertz CT molecular complexity index is 2260. The third-order valence-electron chi connectivity index (χ3n) is 11.2. The van der Waals surface area contributed by atoms with Crippen molar-refractivity contribution in [3.8, 4) is 11.5 Å². The van der Waals surface area contributed by atoms with Crippen molar-refractivity contribution < 1.29 is 65.0 Å². The topological polar surface area (TPSA) is 235 Å². The number of phenols is 2. The first kappa shape index (κ1) is 59.4. The lowest BCUT2D eigenvalue weighted by molar-refractivity contribution is -0.000274. The largest absolute Gasteiger partial charge is 0.507 e. The van der Waals surface area contributed by atoms with Crippen molar-refractivity contribution in [1.82, 2.24) is 0 Å². The quantitative estimate of drug-likeness (QED) is 0.103. The molecule has 386 valence electrons. The molecule has 0 bridgehead atoms. The molecule has 1 heterocycles. The maximum Gasteiger partial charge on any atom is 0.342 e. The molecule has 1 aliphatic heterocycles. The molecule has 0 fully saturated rings. The smallest absolute Gasteiger partial charge is 0.342 e. The van der Waals surface area contributed by atoms with Gasteiger partial charge in [0.2, 0.25) is 0 Å². The molecular formula is C58H76O13. The van der Waals surface area contributed by atoms with Crippen molar-refractivity contribution in [2.75, 3.05) is 0 Å². The molecule has 9 atom stereocenters. The van der Waals surface area contributed by atoms with E-state index >= 15 is 0 Å². The molecule has 0 spiro atoms. The van der Waals surface area contributed by atoms with Gasteiger partial charge in [-0.25, -0.2) is 9.59 Å². The predicted molar refractivity (Wildman–Crippen MR) is 279 cm³/mol. The van der Waals surface area contributed by atoms with Crippen molar-refractivity contribution in [1.29, 1.82) is 0 Å². The minimum atomic E-state index is -1.00. The van der Waals surface area contributed by atoms with Crippen LogP contribution in [0.2, 0.25) is 0 Å². The molecule has 0 radical (unpaired) electrons. The number of esters is 2. The molecule has 13 heteroatoms. The fraction of sp³-hybridized carbons (Fsp3) is 0.414. The van der Waals surface area contributed by atoms with Gasteiger partial charge in [-0.3, -0.25) is 0 Å². The summed E-state index contributed by atoms with van der Waals surface area (Å²) >= 11 is 0. The Labute approximate surface area is 419 Å². The first-order chi connectivity index (χ1) is 33.9. The second-order valence-electron chi connectivity index (χ2n) is 18.2. The number of benzene rings is 2. The second-order valence-corrected chi connectivity index (χ2v) is 18.2. The molecule has 71 heavy (non-hydrogen) atoms. The average molecular weight is 981 g/mol. The fourth-order valence-corrected chi connectivity index (χ4v) is 7.85. The summed E-state index contributed by atoms with van der Waals surface area (Å²) in [5.74, 6) is -2.09. The summed E-state index contributed by atoms with van der Waals surface area (Å²) in [5, 5.41) is 95.0. The zero-order valence-corrected chi connectivity index (χ0v) is 41.5. The van der Waals surface area contributed by atoms with Crippen LogP contribution in [0.15, 0.2) is 145 Å². The van der Waals surface area contributed by atoms with E-state index in [1.165, 1.54) is 25.1 Å². The van der Waals surface area contributed by atoms with Gasteiger partial charge in [-0.1, -0.05) is 145 Å². The number of aliphatic hydroxyl groups excluding tert-OH is 7. The van der Waals surface area contributed by atoms with E-state index in [-0.39, 0.29) is 61.2 Å². The third kappa shape index (κ3) is 24.7. The molecule has 9 N–H and O–H groups in total. The molecular weight excluding hydrogens is 905 g/mol. The summed E-state index contributed by atoms with van der Waals surface area (Å²) in [5.41, 5.74) is 2.50. The van der Waals surface area contributed by atoms with Gasteiger partial charge >= 0.3 is 11.9 Å². The van der Waals surface area contributed by atoms with Crippen LogP contribution < -0.4 is 0 Å². The number of phenolic OH excluding ortho intramolecular Hbond substituents is 2. The highest BCUT2D eigenvalue weighted by Crippen LogP contribution is 2.27. The highest BCUT2D eigenvalue weighted by Gasteiger charge is 2.25. The van der Waals surface area contributed by atoms with Crippen LogP contribution >= 0.6 is 0 Å². The van der Waals surface area contributed by atoms with Crippen LogP contribution in [-0.2, 0) is 9.47 Å². The first-order valence-electron chi connectivity index (χ1n) is 24.4. The normalized spacial score (nSPS) is 29.9. The van der Waals surface area contributed by atoms with Gasteiger partial charge in [-0.05, 0) is 89.5 Å². The van der Waals surface area contributed by atoms with Gasteiger partial charge in [-0.15, -0.1) is 0 Å². The third-order valence-corrected chi connectivity index (χ3v) is 11.2. The Balaban J connectivity index is 1.80. The maximum absolute atomic E-state index is 13.5. The number of carbonyl (C=O) groups is 2. The van der Waals surface area contributed by atoms with Crippen LogP contribution in [0.25, 0.3) is 12.2 Å². The lowest BCUT2D eigenvalue weighted by atomic mass is 10.0. The Hall–Kier alpha value is -5.90. The van der Waals surface area contributed by atoms with Gasteiger partial charge in [0.15, 0.2) is 0 Å². The number of hydrogen-bond donors (Lipinski definition) is 9. The summed E-state index contributed by atoms with van der Waals surface area (Å²) in [6.07, 6.45) is 26.1.